The summed E-state index contributed by atoms with van der Waals surface area (Å²) in [6.07, 6.45) is 6.78. The Morgan fingerprint density at radius 3 is 2.85 bits per heavy atom. The second-order valence-electron chi connectivity index (χ2n) is 6.91. The molecule has 3 amide bonds. The summed E-state index contributed by atoms with van der Waals surface area (Å²) in [6.45, 7) is -0.261. The molecule has 1 saturated heterocycles. The molecular weight excluding hydrogens is 528 g/mol. The van der Waals surface area contributed by atoms with E-state index in [0.717, 1.165) is 16.7 Å². The highest BCUT2D eigenvalue weighted by Gasteiger charge is 2.36. The molecule has 174 valence electrons. The van der Waals surface area contributed by atoms with Crippen molar-refractivity contribution >= 4 is 56.5 Å². The predicted molar refractivity (Wildman–Crippen MR) is 129 cm³/mol. The van der Waals surface area contributed by atoms with Crippen LogP contribution in [0.5, 0.6) is 23.0 Å². The molecule has 2 heterocycles. The number of nitrogens with zero attached hydrogens (tertiary/aromatic N) is 1. The van der Waals surface area contributed by atoms with E-state index in [1.807, 2.05) is 0 Å². The Kier molecular flexibility index (Phi) is 7.00. The Labute approximate surface area is 207 Å². The van der Waals surface area contributed by atoms with Gasteiger partial charge in [-0.25, -0.2) is 0 Å². The lowest BCUT2D eigenvalue weighted by Crippen LogP contribution is -2.36. The minimum absolute atomic E-state index is 0.0571. The molecule has 9 nitrogen and oxygen atoms in total. The quantitative estimate of drug-likeness (QED) is 0.413. The van der Waals surface area contributed by atoms with Crippen LogP contribution in [-0.2, 0) is 9.59 Å². The number of ether oxygens (including phenoxy) is 4. The molecule has 0 saturated carbocycles. The van der Waals surface area contributed by atoms with Gasteiger partial charge in [-0.3, -0.25) is 19.3 Å². The number of rotatable bonds is 7. The topological polar surface area (TPSA) is 103 Å². The summed E-state index contributed by atoms with van der Waals surface area (Å²) in [7, 11) is 1.47. The van der Waals surface area contributed by atoms with Crippen LogP contribution in [0.3, 0.4) is 0 Å². The number of benzene rings is 2. The van der Waals surface area contributed by atoms with Crippen molar-refractivity contribution in [2.75, 3.05) is 32.4 Å². The fourth-order valence-electron chi connectivity index (χ4n) is 3.18. The van der Waals surface area contributed by atoms with Crippen molar-refractivity contribution in [1.29, 1.82) is 0 Å². The maximum absolute atomic E-state index is 12.8. The highest BCUT2D eigenvalue weighted by atomic mass is 79.9. The Morgan fingerprint density at radius 1 is 1.29 bits per heavy atom. The van der Waals surface area contributed by atoms with Gasteiger partial charge in [-0.05, 0) is 63.6 Å². The number of halogens is 1. The highest BCUT2D eigenvalue weighted by molar-refractivity contribution is 9.10. The van der Waals surface area contributed by atoms with E-state index in [2.05, 4.69) is 27.2 Å². The van der Waals surface area contributed by atoms with Crippen LogP contribution >= 0.6 is 27.7 Å². The first-order valence-corrected chi connectivity index (χ1v) is 11.4. The fourth-order valence-corrected chi connectivity index (χ4v) is 4.60. The van der Waals surface area contributed by atoms with Gasteiger partial charge in [-0.15, -0.1) is 6.42 Å². The van der Waals surface area contributed by atoms with E-state index in [1.165, 1.54) is 7.11 Å². The van der Waals surface area contributed by atoms with Gasteiger partial charge in [-0.2, -0.15) is 0 Å². The first-order chi connectivity index (χ1) is 16.4. The van der Waals surface area contributed by atoms with Gasteiger partial charge in [0.15, 0.2) is 23.0 Å². The summed E-state index contributed by atoms with van der Waals surface area (Å²) < 4.78 is 21.9. The molecular formula is C23H17BrN2O7S. The van der Waals surface area contributed by atoms with E-state index >= 15 is 0 Å². The summed E-state index contributed by atoms with van der Waals surface area (Å²) in [5, 5.41) is 2.11. The van der Waals surface area contributed by atoms with Crippen molar-refractivity contribution in [3.8, 4) is 35.3 Å². The van der Waals surface area contributed by atoms with E-state index in [1.54, 1.807) is 36.4 Å². The molecule has 1 N–H and O–H groups in total. The minimum atomic E-state index is -0.571. The third kappa shape index (κ3) is 4.98. The molecule has 0 aliphatic carbocycles. The van der Waals surface area contributed by atoms with Crippen molar-refractivity contribution in [3.05, 3.63) is 45.3 Å². The van der Waals surface area contributed by atoms with Crippen molar-refractivity contribution in [3.63, 3.8) is 0 Å². The van der Waals surface area contributed by atoms with Crippen LogP contribution < -0.4 is 24.3 Å². The monoisotopic (exact) mass is 544 g/mol. The van der Waals surface area contributed by atoms with Gasteiger partial charge < -0.3 is 24.3 Å². The number of terminal acetylenes is 1. The first kappa shape index (κ1) is 23.5. The summed E-state index contributed by atoms with van der Waals surface area (Å²) in [4.78, 5) is 38.8. The van der Waals surface area contributed by atoms with Gasteiger partial charge >= 0.3 is 0 Å². The smallest absolute Gasteiger partial charge is 0.294 e. The number of amides is 3. The molecule has 0 unspecified atom stereocenters. The molecule has 0 radical (unpaired) electrons. The van der Waals surface area contributed by atoms with Crippen molar-refractivity contribution in [2.45, 2.75) is 0 Å². The van der Waals surface area contributed by atoms with Crippen LogP contribution in [0.4, 0.5) is 10.5 Å². The fraction of sp³-hybridized carbons (Fsp3) is 0.174. The second-order valence-corrected chi connectivity index (χ2v) is 8.76. The average Bonchev–Trinajstić information content (AvgIpc) is 3.37. The van der Waals surface area contributed by atoms with Crippen LogP contribution in [0.15, 0.2) is 39.7 Å². The standard InChI is InChI=1S/C23H17BrN2O7S/c1-3-6-31-21-15(24)7-13(8-18(21)30-2)9-19-22(28)26(23(29)34-19)11-20(27)25-14-4-5-16-17(10-14)33-12-32-16/h1,4-5,7-10H,6,11-12H2,2H3,(H,25,27)/b19-9-. The molecule has 0 bridgehead atoms. The normalized spacial score (nSPS) is 15.4. The summed E-state index contributed by atoms with van der Waals surface area (Å²) in [5.41, 5.74) is 1.05. The molecule has 0 aromatic heterocycles. The maximum atomic E-state index is 12.8. The molecule has 4 rings (SSSR count). The van der Waals surface area contributed by atoms with Gasteiger partial charge in [0.2, 0.25) is 12.7 Å². The Bertz CT molecular complexity index is 1250. The zero-order valence-electron chi connectivity index (χ0n) is 17.8. The highest BCUT2D eigenvalue weighted by Crippen LogP contribution is 2.39. The van der Waals surface area contributed by atoms with Crippen LogP contribution in [0, 0.1) is 12.3 Å². The minimum Gasteiger partial charge on any atom is -0.493 e. The zero-order valence-corrected chi connectivity index (χ0v) is 20.2. The number of carbonyl (C=O) groups is 3. The Morgan fingerprint density at radius 2 is 2.09 bits per heavy atom. The number of imide groups is 1. The second kappa shape index (κ2) is 10.1. The number of anilines is 1. The lowest BCUT2D eigenvalue weighted by atomic mass is 10.2. The molecule has 0 atom stereocenters. The molecule has 2 aromatic rings. The number of hydrogen-bond acceptors (Lipinski definition) is 8. The largest absolute Gasteiger partial charge is 0.493 e. The molecule has 34 heavy (non-hydrogen) atoms. The van der Waals surface area contributed by atoms with E-state index in [0.29, 0.717) is 38.7 Å². The molecule has 2 aliphatic rings. The molecule has 2 aromatic carbocycles. The lowest BCUT2D eigenvalue weighted by molar-refractivity contribution is -0.127. The van der Waals surface area contributed by atoms with Gasteiger partial charge in [0.25, 0.3) is 11.1 Å². The van der Waals surface area contributed by atoms with E-state index in [4.69, 9.17) is 25.4 Å². The van der Waals surface area contributed by atoms with E-state index in [9.17, 15) is 14.4 Å². The van der Waals surface area contributed by atoms with Gasteiger partial charge in [-0.1, -0.05) is 5.92 Å². The van der Waals surface area contributed by atoms with Crippen LogP contribution in [0.2, 0.25) is 0 Å². The van der Waals surface area contributed by atoms with Crippen molar-refractivity contribution in [1.82, 2.24) is 4.90 Å². The number of carbonyl (C=O) groups excluding carboxylic acids is 3. The maximum Gasteiger partial charge on any atom is 0.294 e. The van der Waals surface area contributed by atoms with Gasteiger partial charge in [0.05, 0.1) is 16.5 Å². The predicted octanol–water partition coefficient (Wildman–Crippen LogP) is 3.87. The van der Waals surface area contributed by atoms with E-state index in [-0.39, 0.29) is 18.3 Å². The number of fused-ring (bicyclic) bond motifs is 1. The van der Waals surface area contributed by atoms with Gasteiger partial charge in [0, 0.05) is 11.8 Å². The molecule has 0 spiro atoms. The number of thioether (sulfide) groups is 1. The number of methoxy groups -OCH3 is 1. The third-order valence-electron chi connectivity index (χ3n) is 4.68. The Hall–Kier alpha value is -3.62. The zero-order chi connectivity index (χ0) is 24.2. The summed E-state index contributed by atoms with van der Waals surface area (Å²) >= 11 is 4.15. The summed E-state index contributed by atoms with van der Waals surface area (Å²) in [6, 6.07) is 8.26. The van der Waals surface area contributed by atoms with E-state index < -0.39 is 23.6 Å². The van der Waals surface area contributed by atoms with Crippen LogP contribution in [0.25, 0.3) is 6.08 Å². The van der Waals surface area contributed by atoms with Gasteiger partial charge in [0.1, 0.15) is 13.2 Å². The van der Waals surface area contributed by atoms with Crippen LogP contribution in [-0.4, -0.2) is 49.0 Å². The molecule has 1 fully saturated rings. The summed E-state index contributed by atoms with van der Waals surface area (Å²) in [5.74, 6) is 3.19. The molecule has 2 aliphatic heterocycles. The lowest BCUT2D eigenvalue weighted by Gasteiger charge is -2.13. The van der Waals surface area contributed by atoms with Crippen LogP contribution in [0.1, 0.15) is 5.56 Å². The Balaban J connectivity index is 1.46. The SMILES string of the molecule is C#CCOc1c(Br)cc(/C=C2\SC(=O)N(CC(=O)Nc3ccc4c(c3)OCO4)C2=O)cc1OC. The van der Waals surface area contributed by atoms with Crippen molar-refractivity contribution < 1.29 is 33.3 Å². The average molecular weight is 545 g/mol. The number of nitrogens with one attached hydrogen (secondary N) is 1. The first-order valence-electron chi connectivity index (χ1n) is 9.78. The number of hydrogen-bond donors (Lipinski definition) is 1. The molecule has 11 heteroatoms. The third-order valence-corrected chi connectivity index (χ3v) is 6.18. The van der Waals surface area contributed by atoms with Crippen molar-refractivity contribution in [2.24, 2.45) is 0 Å².